The number of amidine groups is 1. The molecular weight excluding hydrogens is 233 g/mol. The molecule has 0 spiro atoms. The zero-order valence-corrected chi connectivity index (χ0v) is 8.87. The standard InChI is InChI=1S/C11H11F3N2O/c12-6-11(7-3-1-2-4-8(7)13)9(14)5-17-10(15)16-11/h1-4,9H,5-6H2,(H2,15,16)/t9-,11-/m1/s1. The van der Waals surface area contributed by atoms with Crippen LogP contribution in [0.1, 0.15) is 5.56 Å². The molecule has 2 N–H and O–H groups in total. The van der Waals surface area contributed by atoms with Gasteiger partial charge < -0.3 is 10.5 Å². The maximum absolute atomic E-state index is 13.8. The number of alkyl halides is 2. The number of hydrogen-bond acceptors (Lipinski definition) is 3. The van der Waals surface area contributed by atoms with Gasteiger partial charge in [-0.3, -0.25) is 0 Å². The van der Waals surface area contributed by atoms with Gasteiger partial charge in [0.2, 0.25) is 0 Å². The van der Waals surface area contributed by atoms with E-state index in [0.717, 1.165) is 6.07 Å². The van der Waals surface area contributed by atoms with Gasteiger partial charge in [-0.1, -0.05) is 18.2 Å². The Kier molecular flexibility index (Phi) is 2.95. The van der Waals surface area contributed by atoms with Crippen molar-refractivity contribution in [1.82, 2.24) is 0 Å². The molecule has 3 nitrogen and oxygen atoms in total. The molecule has 1 aromatic carbocycles. The largest absolute Gasteiger partial charge is 0.462 e. The van der Waals surface area contributed by atoms with Crippen molar-refractivity contribution >= 4 is 6.02 Å². The normalized spacial score (nSPS) is 28.4. The highest BCUT2D eigenvalue weighted by atomic mass is 19.1. The molecule has 0 fully saturated rings. The number of hydrogen-bond donors (Lipinski definition) is 1. The minimum Gasteiger partial charge on any atom is -0.462 e. The van der Waals surface area contributed by atoms with E-state index in [2.05, 4.69) is 9.73 Å². The highest BCUT2D eigenvalue weighted by Crippen LogP contribution is 2.36. The Morgan fingerprint density at radius 3 is 2.82 bits per heavy atom. The highest BCUT2D eigenvalue weighted by molar-refractivity contribution is 5.73. The molecule has 0 radical (unpaired) electrons. The van der Waals surface area contributed by atoms with Crippen molar-refractivity contribution in [3.8, 4) is 0 Å². The Morgan fingerprint density at radius 2 is 2.18 bits per heavy atom. The molecule has 2 rings (SSSR count). The van der Waals surface area contributed by atoms with Crippen LogP contribution in [0.3, 0.4) is 0 Å². The van der Waals surface area contributed by atoms with Gasteiger partial charge in [0.15, 0.2) is 11.7 Å². The summed E-state index contributed by atoms with van der Waals surface area (Å²) in [7, 11) is 0. The van der Waals surface area contributed by atoms with Crippen LogP contribution >= 0.6 is 0 Å². The van der Waals surface area contributed by atoms with E-state index in [-0.39, 0.29) is 11.6 Å². The predicted octanol–water partition coefficient (Wildman–Crippen LogP) is 1.67. The molecule has 0 unspecified atom stereocenters. The van der Waals surface area contributed by atoms with Gasteiger partial charge in [0.05, 0.1) is 0 Å². The van der Waals surface area contributed by atoms with Gasteiger partial charge in [0.1, 0.15) is 19.1 Å². The van der Waals surface area contributed by atoms with Crippen LogP contribution in [0.4, 0.5) is 13.2 Å². The lowest BCUT2D eigenvalue weighted by Gasteiger charge is -2.34. The average Bonchev–Trinajstić information content (AvgIpc) is 2.33. The third-order valence-corrected chi connectivity index (χ3v) is 2.75. The Hall–Kier alpha value is -1.72. The zero-order chi connectivity index (χ0) is 12.5. The molecule has 1 aliphatic rings. The van der Waals surface area contributed by atoms with Crippen LogP contribution in [0, 0.1) is 5.82 Å². The van der Waals surface area contributed by atoms with Crippen molar-refractivity contribution in [2.24, 2.45) is 10.7 Å². The van der Waals surface area contributed by atoms with E-state index in [1.54, 1.807) is 0 Å². The summed E-state index contributed by atoms with van der Waals surface area (Å²) in [6.07, 6.45) is -1.78. The van der Waals surface area contributed by atoms with Crippen molar-refractivity contribution in [1.29, 1.82) is 0 Å². The van der Waals surface area contributed by atoms with Crippen molar-refractivity contribution < 1.29 is 17.9 Å². The quantitative estimate of drug-likeness (QED) is 0.860. The first-order chi connectivity index (χ1) is 8.10. The van der Waals surface area contributed by atoms with Crippen LogP contribution in [0.5, 0.6) is 0 Å². The third kappa shape index (κ3) is 1.83. The molecule has 2 atom stereocenters. The molecule has 0 aromatic heterocycles. The number of rotatable bonds is 2. The summed E-state index contributed by atoms with van der Waals surface area (Å²) in [5.74, 6) is -0.716. The monoisotopic (exact) mass is 244 g/mol. The number of nitrogens with zero attached hydrogens (tertiary/aromatic N) is 1. The summed E-state index contributed by atoms with van der Waals surface area (Å²) < 4.78 is 45.3. The summed E-state index contributed by atoms with van der Waals surface area (Å²) in [5, 5.41) is 0. The van der Waals surface area contributed by atoms with Crippen LogP contribution in [-0.2, 0) is 10.3 Å². The van der Waals surface area contributed by atoms with Gasteiger partial charge in [-0.2, -0.15) is 0 Å². The van der Waals surface area contributed by atoms with E-state index < -0.39 is 30.8 Å². The summed E-state index contributed by atoms with van der Waals surface area (Å²) in [5.41, 5.74) is 3.22. The van der Waals surface area contributed by atoms with Gasteiger partial charge in [-0.05, 0) is 6.07 Å². The molecule has 0 aliphatic carbocycles. The van der Waals surface area contributed by atoms with Crippen LogP contribution in [-0.4, -0.2) is 25.5 Å². The van der Waals surface area contributed by atoms with Crippen LogP contribution < -0.4 is 5.73 Å². The smallest absolute Gasteiger partial charge is 0.283 e. The van der Waals surface area contributed by atoms with Crippen molar-refractivity contribution in [2.75, 3.05) is 13.3 Å². The van der Waals surface area contributed by atoms with Gasteiger partial charge in [-0.15, -0.1) is 0 Å². The Balaban J connectivity index is 2.57. The number of halogens is 3. The maximum atomic E-state index is 13.8. The second-order valence-electron chi connectivity index (χ2n) is 3.77. The first-order valence-corrected chi connectivity index (χ1v) is 5.03. The molecule has 0 saturated heterocycles. The fourth-order valence-corrected chi connectivity index (χ4v) is 1.82. The lowest BCUT2D eigenvalue weighted by atomic mass is 9.86. The Bertz CT molecular complexity index is 452. The minimum atomic E-state index is -1.94. The Morgan fingerprint density at radius 1 is 1.47 bits per heavy atom. The molecule has 17 heavy (non-hydrogen) atoms. The predicted molar refractivity (Wildman–Crippen MR) is 56.5 cm³/mol. The molecule has 0 saturated carbocycles. The van der Waals surface area contributed by atoms with Gasteiger partial charge in [0.25, 0.3) is 6.02 Å². The number of benzene rings is 1. The van der Waals surface area contributed by atoms with Crippen molar-refractivity contribution in [3.63, 3.8) is 0 Å². The lowest BCUT2D eigenvalue weighted by Crippen LogP contribution is -2.47. The molecule has 1 heterocycles. The molecule has 1 aliphatic heterocycles. The van der Waals surface area contributed by atoms with Gasteiger partial charge >= 0.3 is 0 Å². The Labute approximate surface area is 96.1 Å². The minimum absolute atomic E-state index is 0.152. The summed E-state index contributed by atoms with van der Waals surface area (Å²) in [6.45, 7) is -1.62. The van der Waals surface area contributed by atoms with E-state index in [9.17, 15) is 13.2 Å². The highest BCUT2D eigenvalue weighted by Gasteiger charge is 2.46. The molecule has 0 bridgehead atoms. The second-order valence-corrected chi connectivity index (χ2v) is 3.77. The van der Waals surface area contributed by atoms with E-state index >= 15 is 0 Å². The summed E-state index contributed by atoms with van der Waals surface area (Å²) >= 11 is 0. The number of aliphatic imine (C=N–C) groups is 1. The van der Waals surface area contributed by atoms with Crippen LogP contribution in [0.25, 0.3) is 0 Å². The van der Waals surface area contributed by atoms with Crippen molar-refractivity contribution in [3.05, 3.63) is 35.6 Å². The van der Waals surface area contributed by atoms with Crippen LogP contribution in [0.15, 0.2) is 29.3 Å². The van der Waals surface area contributed by atoms with Crippen LogP contribution in [0.2, 0.25) is 0 Å². The third-order valence-electron chi connectivity index (χ3n) is 2.75. The number of ether oxygens (including phenoxy) is 1. The average molecular weight is 244 g/mol. The van der Waals surface area contributed by atoms with Crippen molar-refractivity contribution in [2.45, 2.75) is 11.7 Å². The number of nitrogens with two attached hydrogens (primary N) is 1. The van der Waals surface area contributed by atoms with E-state index in [1.807, 2.05) is 0 Å². The topological polar surface area (TPSA) is 47.6 Å². The van der Waals surface area contributed by atoms with E-state index in [1.165, 1.54) is 18.2 Å². The SMILES string of the molecule is NC1=N[C@](CF)(c2ccccc2F)[C@H](F)CO1. The van der Waals surface area contributed by atoms with Gasteiger partial charge in [-0.25, -0.2) is 18.2 Å². The summed E-state index contributed by atoms with van der Waals surface area (Å²) in [6, 6.07) is 5.01. The van der Waals surface area contributed by atoms with Gasteiger partial charge in [0, 0.05) is 5.56 Å². The maximum Gasteiger partial charge on any atom is 0.283 e. The molecule has 92 valence electrons. The van der Waals surface area contributed by atoms with E-state index in [0.29, 0.717) is 0 Å². The fraction of sp³-hybridized carbons (Fsp3) is 0.364. The first kappa shape index (κ1) is 11.8. The molecule has 0 amide bonds. The molecule has 1 aromatic rings. The molecule has 6 heteroatoms. The van der Waals surface area contributed by atoms with E-state index in [4.69, 9.17) is 5.73 Å². The second kappa shape index (κ2) is 4.27. The fourth-order valence-electron chi connectivity index (χ4n) is 1.82. The summed E-state index contributed by atoms with van der Waals surface area (Å²) in [4.78, 5) is 3.63. The lowest BCUT2D eigenvalue weighted by molar-refractivity contribution is 0.0664. The zero-order valence-electron chi connectivity index (χ0n) is 8.87. The molecular formula is C11H11F3N2O. The first-order valence-electron chi connectivity index (χ1n) is 5.03.